The van der Waals surface area contributed by atoms with Gasteiger partial charge in [0.15, 0.2) is 0 Å². The van der Waals surface area contributed by atoms with Crippen molar-refractivity contribution in [2.24, 2.45) is 5.92 Å². The van der Waals surface area contributed by atoms with Gasteiger partial charge in [-0.25, -0.2) is 0 Å². The third-order valence-corrected chi connectivity index (χ3v) is 3.90. The van der Waals surface area contributed by atoms with Crippen LogP contribution < -0.4 is 5.32 Å². The second-order valence-corrected chi connectivity index (χ2v) is 5.40. The topological polar surface area (TPSA) is 55.2 Å². The van der Waals surface area contributed by atoms with Gasteiger partial charge in [-0.05, 0) is 47.6 Å². The van der Waals surface area contributed by atoms with Crippen LogP contribution in [0.1, 0.15) is 27.2 Å². The number of halogens is 1. The van der Waals surface area contributed by atoms with Gasteiger partial charge in [0.05, 0.1) is 8.49 Å². The number of hydrogen-bond acceptors (Lipinski definition) is 3. The Kier molecular flexibility index (Phi) is 5.17. The number of hydrogen-bond donors (Lipinski definition) is 1. The predicted octanol–water partition coefficient (Wildman–Crippen LogP) is 4.05. The smallest absolute Gasteiger partial charge is 0.282 e. The molecule has 0 saturated carbocycles. The first kappa shape index (κ1) is 14.2. The summed E-state index contributed by atoms with van der Waals surface area (Å²) in [5.74, 6) is 0.572. The maximum atomic E-state index is 10.7. The molecule has 1 aromatic carbocycles. The lowest BCUT2D eigenvalue weighted by atomic mass is 10.0. The largest absolute Gasteiger partial charge is 0.382 e. The molecular formula is C12H17IN2O2. The van der Waals surface area contributed by atoms with Crippen LogP contribution in [0.15, 0.2) is 18.2 Å². The summed E-state index contributed by atoms with van der Waals surface area (Å²) in [4.78, 5) is 10.3. The van der Waals surface area contributed by atoms with Gasteiger partial charge in [0.2, 0.25) is 0 Å². The van der Waals surface area contributed by atoms with E-state index >= 15 is 0 Å². The maximum absolute atomic E-state index is 10.7. The molecule has 0 aromatic heterocycles. The number of nitrogens with zero attached hydrogens (tertiary/aromatic N) is 1. The number of nitro benzene ring substituents is 1. The van der Waals surface area contributed by atoms with Crippen LogP contribution in [0, 0.1) is 19.6 Å². The molecular weight excluding hydrogens is 331 g/mol. The minimum absolute atomic E-state index is 0.160. The third kappa shape index (κ3) is 3.83. The standard InChI is InChI=1S/C12H17IN2O2/c1-4-8(2)9(3)14-10-5-6-12(15(16)17)11(13)7-10/h5-9,14H,4H2,1-3H3. The molecule has 1 aromatic rings. The molecule has 0 spiro atoms. The zero-order chi connectivity index (χ0) is 13.0. The third-order valence-electron chi connectivity index (χ3n) is 3.04. The second-order valence-electron chi connectivity index (χ2n) is 4.24. The number of rotatable bonds is 5. The van der Waals surface area contributed by atoms with E-state index in [-0.39, 0.29) is 10.6 Å². The van der Waals surface area contributed by atoms with Crippen LogP contribution in [-0.4, -0.2) is 11.0 Å². The SMILES string of the molecule is CCC(C)C(C)Nc1ccc([N+](=O)[O-])c(I)c1. The molecule has 0 aliphatic heterocycles. The Hall–Kier alpha value is -0.850. The molecule has 0 amide bonds. The molecule has 0 radical (unpaired) electrons. The van der Waals surface area contributed by atoms with Crippen molar-refractivity contribution in [3.05, 3.63) is 31.9 Å². The average molecular weight is 348 g/mol. The summed E-state index contributed by atoms with van der Waals surface area (Å²) in [5, 5.41) is 14.1. The molecule has 0 fully saturated rings. The van der Waals surface area contributed by atoms with Crippen LogP contribution in [0.2, 0.25) is 0 Å². The Balaban J connectivity index is 2.81. The molecule has 0 heterocycles. The first-order chi connectivity index (χ1) is 7.95. The normalized spacial score (nSPS) is 14.1. The Bertz CT molecular complexity index is 409. The van der Waals surface area contributed by atoms with Gasteiger partial charge in [0.1, 0.15) is 0 Å². The summed E-state index contributed by atoms with van der Waals surface area (Å²) in [6, 6.07) is 5.49. The molecule has 0 aliphatic rings. The van der Waals surface area contributed by atoms with Crippen molar-refractivity contribution in [1.29, 1.82) is 0 Å². The highest BCUT2D eigenvalue weighted by Gasteiger charge is 2.14. The fraction of sp³-hybridized carbons (Fsp3) is 0.500. The number of anilines is 1. The van der Waals surface area contributed by atoms with Gasteiger partial charge in [0.25, 0.3) is 5.69 Å². The van der Waals surface area contributed by atoms with Crippen LogP contribution in [0.25, 0.3) is 0 Å². The molecule has 0 saturated heterocycles. The van der Waals surface area contributed by atoms with Crippen LogP contribution in [0.3, 0.4) is 0 Å². The van der Waals surface area contributed by atoms with Crippen LogP contribution in [0.5, 0.6) is 0 Å². The first-order valence-electron chi connectivity index (χ1n) is 5.66. The van der Waals surface area contributed by atoms with E-state index in [0.717, 1.165) is 12.1 Å². The van der Waals surface area contributed by atoms with E-state index in [1.807, 2.05) is 28.7 Å². The lowest BCUT2D eigenvalue weighted by Crippen LogP contribution is -2.23. The molecule has 1 rings (SSSR count). The summed E-state index contributed by atoms with van der Waals surface area (Å²) in [6.07, 6.45) is 1.11. The summed E-state index contributed by atoms with van der Waals surface area (Å²) >= 11 is 1.99. The fourth-order valence-corrected chi connectivity index (χ4v) is 2.22. The molecule has 2 unspecified atom stereocenters. The summed E-state index contributed by atoms with van der Waals surface area (Å²) in [7, 11) is 0. The molecule has 17 heavy (non-hydrogen) atoms. The quantitative estimate of drug-likeness (QED) is 0.496. The minimum Gasteiger partial charge on any atom is -0.382 e. The molecule has 0 bridgehead atoms. The fourth-order valence-electron chi connectivity index (χ4n) is 1.50. The van der Waals surface area contributed by atoms with Crippen molar-refractivity contribution in [2.75, 3.05) is 5.32 Å². The molecule has 0 aliphatic carbocycles. The number of benzene rings is 1. The van der Waals surface area contributed by atoms with Gasteiger partial charge in [-0.2, -0.15) is 0 Å². The van der Waals surface area contributed by atoms with Crippen LogP contribution in [0.4, 0.5) is 11.4 Å². The first-order valence-corrected chi connectivity index (χ1v) is 6.74. The van der Waals surface area contributed by atoms with Crippen molar-refractivity contribution < 1.29 is 4.92 Å². The summed E-state index contributed by atoms with van der Waals surface area (Å²) in [5.41, 5.74) is 1.10. The van der Waals surface area contributed by atoms with Crippen molar-refractivity contribution in [3.8, 4) is 0 Å². The van der Waals surface area contributed by atoms with Gasteiger partial charge >= 0.3 is 0 Å². The molecule has 1 N–H and O–H groups in total. The molecule has 4 nitrogen and oxygen atoms in total. The van der Waals surface area contributed by atoms with Gasteiger partial charge in [-0.1, -0.05) is 20.3 Å². The Morgan fingerprint density at radius 1 is 1.47 bits per heavy atom. The highest BCUT2D eigenvalue weighted by Crippen LogP contribution is 2.25. The highest BCUT2D eigenvalue weighted by molar-refractivity contribution is 14.1. The van der Waals surface area contributed by atoms with Crippen molar-refractivity contribution in [3.63, 3.8) is 0 Å². The highest BCUT2D eigenvalue weighted by atomic mass is 127. The molecule has 5 heteroatoms. The van der Waals surface area contributed by atoms with Gasteiger partial charge < -0.3 is 5.32 Å². The Morgan fingerprint density at radius 3 is 2.59 bits per heavy atom. The van der Waals surface area contributed by atoms with E-state index < -0.39 is 0 Å². The number of nitrogens with one attached hydrogen (secondary N) is 1. The molecule has 2 atom stereocenters. The lowest BCUT2D eigenvalue weighted by Gasteiger charge is -2.21. The van der Waals surface area contributed by atoms with Crippen LogP contribution in [-0.2, 0) is 0 Å². The second kappa shape index (κ2) is 6.18. The van der Waals surface area contributed by atoms with Crippen molar-refractivity contribution in [2.45, 2.75) is 33.2 Å². The lowest BCUT2D eigenvalue weighted by molar-refractivity contribution is -0.385. The zero-order valence-electron chi connectivity index (χ0n) is 10.2. The minimum atomic E-state index is -0.357. The van der Waals surface area contributed by atoms with Crippen molar-refractivity contribution >= 4 is 34.0 Å². The van der Waals surface area contributed by atoms with E-state index in [0.29, 0.717) is 15.5 Å². The zero-order valence-corrected chi connectivity index (χ0v) is 12.4. The summed E-state index contributed by atoms with van der Waals surface area (Å²) < 4.78 is 0.661. The van der Waals surface area contributed by atoms with E-state index in [1.165, 1.54) is 0 Å². The van der Waals surface area contributed by atoms with E-state index in [4.69, 9.17) is 0 Å². The van der Waals surface area contributed by atoms with Crippen LogP contribution >= 0.6 is 22.6 Å². The summed E-state index contributed by atoms with van der Waals surface area (Å²) in [6.45, 7) is 6.47. The van der Waals surface area contributed by atoms with E-state index in [2.05, 4.69) is 26.1 Å². The van der Waals surface area contributed by atoms with Crippen molar-refractivity contribution in [1.82, 2.24) is 0 Å². The monoisotopic (exact) mass is 348 g/mol. The van der Waals surface area contributed by atoms with Gasteiger partial charge in [-0.15, -0.1) is 0 Å². The Morgan fingerprint density at radius 2 is 2.12 bits per heavy atom. The van der Waals surface area contributed by atoms with E-state index in [1.54, 1.807) is 12.1 Å². The van der Waals surface area contributed by atoms with Gasteiger partial charge in [0, 0.05) is 17.8 Å². The Labute approximate surface area is 115 Å². The van der Waals surface area contributed by atoms with Gasteiger partial charge in [-0.3, -0.25) is 10.1 Å². The maximum Gasteiger partial charge on any atom is 0.282 e. The average Bonchev–Trinajstić information content (AvgIpc) is 2.27. The molecule has 94 valence electrons. The number of nitro groups is 1. The predicted molar refractivity (Wildman–Crippen MR) is 78.4 cm³/mol. The van der Waals surface area contributed by atoms with E-state index in [9.17, 15) is 10.1 Å².